The maximum absolute atomic E-state index is 5.81. The van der Waals surface area contributed by atoms with Crippen LogP contribution in [0.2, 0.25) is 0 Å². The first-order chi connectivity index (χ1) is 11.2. The second-order valence-corrected chi connectivity index (χ2v) is 7.17. The van der Waals surface area contributed by atoms with Crippen LogP contribution in [0, 0.1) is 0 Å². The van der Waals surface area contributed by atoms with Crippen molar-refractivity contribution in [3.05, 3.63) is 12.2 Å². The zero-order valence-electron chi connectivity index (χ0n) is 16.5. The Labute approximate surface area is 146 Å². The van der Waals surface area contributed by atoms with Crippen LogP contribution in [0.5, 0.6) is 0 Å². The molecule has 0 aromatic carbocycles. The van der Waals surface area contributed by atoms with Crippen LogP contribution in [0.15, 0.2) is 12.2 Å². The zero-order chi connectivity index (χ0) is 17.2. The highest BCUT2D eigenvalue weighted by Crippen LogP contribution is 2.10. The Hall–Kier alpha value is -0.340. The van der Waals surface area contributed by atoms with Gasteiger partial charge in [0, 0.05) is 13.2 Å². The number of ether oxygens (including phenoxy) is 1. The monoisotopic (exact) mass is 325 g/mol. The molecule has 23 heavy (non-hydrogen) atoms. The Bertz CT molecular complexity index is 250. The lowest BCUT2D eigenvalue weighted by atomic mass is 10.1. The molecule has 0 N–H and O–H groups in total. The van der Waals surface area contributed by atoms with Crippen molar-refractivity contribution in [3.63, 3.8) is 0 Å². The molecule has 0 amide bonds. The number of rotatable bonds is 17. The Morgan fingerprint density at radius 1 is 0.783 bits per heavy atom. The molecule has 1 unspecified atom stereocenters. The lowest BCUT2D eigenvalue weighted by molar-refractivity contribution is 0.0458. The number of hydrogen-bond donors (Lipinski definition) is 0. The molecule has 0 spiro atoms. The lowest BCUT2D eigenvalue weighted by Gasteiger charge is -2.17. The van der Waals surface area contributed by atoms with Crippen LogP contribution in [-0.2, 0) is 4.74 Å². The Morgan fingerprint density at radius 2 is 1.30 bits per heavy atom. The van der Waals surface area contributed by atoms with Gasteiger partial charge < -0.3 is 9.64 Å². The maximum atomic E-state index is 5.81. The van der Waals surface area contributed by atoms with E-state index in [1.54, 1.807) is 0 Å². The van der Waals surface area contributed by atoms with E-state index in [4.69, 9.17) is 4.74 Å². The third-order valence-corrected chi connectivity index (χ3v) is 4.18. The topological polar surface area (TPSA) is 12.5 Å². The van der Waals surface area contributed by atoms with Gasteiger partial charge in [-0.15, -0.1) is 0 Å². The summed E-state index contributed by atoms with van der Waals surface area (Å²) in [7, 11) is 4.20. The molecule has 0 bridgehead atoms. The van der Waals surface area contributed by atoms with Gasteiger partial charge in [-0.2, -0.15) is 0 Å². The van der Waals surface area contributed by atoms with Crippen LogP contribution in [0.4, 0.5) is 0 Å². The molecule has 0 aliphatic rings. The molecule has 0 fully saturated rings. The number of likely N-dealkylation sites (N-methyl/N-ethyl adjacent to an activating group) is 1. The summed E-state index contributed by atoms with van der Waals surface area (Å²) < 4.78 is 5.81. The summed E-state index contributed by atoms with van der Waals surface area (Å²) in [5.74, 6) is 0. The van der Waals surface area contributed by atoms with Crippen molar-refractivity contribution in [1.82, 2.24) is 4.90 Å². The van der Waals surface area contributed by atoms with Gasteiger partial charge in [0.2, 0.25) is 0 Å². The van der Waals surface area contributed by atoms with E-state index in [0.717, 1.165) is 13.2 Å². The third-order valence-electron chi connectivity index (χ3n) is 4.18. The highest BCUT2D eigenvalue weighted by molar-refractivity contribution is 4.81. The third kappa shape index (κ3) is 19.6. The minimum absolute atomic E-state index is 0.362. The van der Waals surface area contributed by atoms with Crippen LogP contribution >= 0.6 is 0 Å². The minimum Gasteiger partial charge on any atom is -0.377 e. The van der Waals surface area contributed by atoms with Crippen molar-refractivity contribution in [2.24, 2.45) is 0 Å². The summed E-state index contributed by atoms with van der Waals surface area (Å²) >= 11 is 0. The average molecular weight is 326 g/mol. The van der Waals surface area contributed by atoms with Gasteiger partial charge in [0.15, 0.2) is 0 Å². The second kappa shape index (κ2) is 18.0. The first-order valence-corrected chi connectivity index (χ1v) is 10.1. The molecule has 0 aromatic heterocycles. The fourth-order valence-corrected chi connectivity index (χ4v) is 2.83. The molecule has 1 atom stereocenters. The first kappa shape index (κ1) is 22.7. The van der Waals surface area contributed by atoms with Gasteiger partial charge in [-0.25, -0.2) is 0 Å². The van der Waals surface area contributed by atoms with E-state index in [2.05, 4.69) is 45.0 Å². The summed E-state index contributed by atoms with van der Waals surface area (Å²) in [5.41, 5.74) is 0. The molecule has 138 valence electrons. The number of unbranched alkanes of at least 4 members (excludes halogenated alkanes) is 10. The Balaban J connectivity index is 3.12. The van der Waals surface area contributed by atoms with Crippen molar-refractivity contribution in [2.45, 2.75) is 97.0 Å². The maximum Gasteiger partial charge on any atom is 0.0673 e. The second-order valence-electron chi connectivity index (χ2n) is 7.17. The molecule has 0 rings (SSSR count). The van der Waals surface area contributed by atoms with Crippen molar-refractivity contribution in [3.8, 4) is 0 Å². The molecule has 0 aliphatic carbocycles. The van der Waals surface area contributed by atoms with E-state index in [9.17, 15) is 0 Å². The van der Waals surface area contributed by atoms with E-state index in [-0.39, 0.29) is 0 Å². The highest BCUT2D eigenvalue weighted by Gasteiger charge is 2.02. The van der Waals surface area contributed by atoms with Crippen LogP contribution in [0.25, 0.3) is 0 Å². The van der Waals surface area contributed by atoms with E-state index < -0.39 is 0 Å². The molecule has 0 aliphatic heterocycles. The van der Waals surface area contributed by atoms with Crippen molar-refractivity contribution < 1.29 is 4.74 Å². The molecular formula is C21H43NO. The van der Waals surface area contributed by atoms with Gasteiger partial charge in [0.1, 0.15) is 0 Å². The summed E-state index contributed by atoms with van der Waals surface area (Å²) in [6, 6.07) is 0. The number of nitrogens with zero attached hydrogens (tertiary/aromatic N) is 1. The van der Waals surface area contributed by atoms with Gasteiger partial charge in [0.05, 0.1) is 6.10 Å². The van der Waals surface area contributed by atoms with Gasteiger partial charge in [-0.3, -0.25) is 0 Å². The fraction of sp³-hybridized carbons (Fsp3) is 0.905. The fourth-order valence-electron chi connectivity index (χ4n) is 2.83. The number of allylic oxidation sites excluding steroid dienone is 2. The quantitative estimate of drug-likeness (QED) is 0.233. The van der Waals surface area contributed by atoms with Crippen LogP contribution in [0.1, 0.15) is 90.9 Å². The van der Waals surface area contributed by atoms with Crippen LogP contribution in [0.3, 0.4) is 0 Å². The van der Waals surface area contributed by atoms with Crippen molar-refractivity contribution in [2.75, 3.05) is 27.2 Å². The normalized spacial score (nSPS) is 13.3. The Kier molecular flexibility index (Phi) is 17.7. The van der Waals surface area contributed by atoms with Crippen molar-refractivity contribution >= 4 is 0 Å². The molecule has 0 aromatic rings. The highest BCUT2D eigenvalue weighted by atomic mass is 16.5. The average Bonchev–Trinajstić information content (AvgIpc) is 2.50. The van der Waals surface area contributed by atoms with E-state index >= 15 is 0 Å². The summed E-state index contributed by atoms with van der Waals surface area (Å²) in [6.45, 7) is 6.37. The van der Waals surface area contributed by atoms with Crippen LogP contribution < -0.4 is 0 Å². The summed E-state index contributed by atoms with van der Waals surface area (Å²) in [4.78, 5) is 2.19. The minimum atomic E-state index is 0.362. The van der Waals surface area contributed by atoms with E-state index in [0.29, 0.717) is 6.10 Å². The van der Waals surface area contributed by atoms with E-state index in [1.807, 2.05) is 0 Å². The van der Waals surface area contributed by atoms with Crippen LogP contribution in [-0.4, -0.2) is 38.3 Å². The molecule has 0 saturated carbocycles. The van der Waals surface area contributed by atoms with Crippen molar-refractivity contribution in [1.29, 1.82) is 0 Å². The largest absolute Gasteiger partial charge is 0.377 e. The van der Waals surface area contributed by atoms with Gasteiger partial charge in [-0.1, -0.05) is 70.4 Å². The molecule has 0 radical (unpaired) electrons. The molecule has 2 heteroatoms. The lowest BCUT2D eigenvalue weighted by Crippen LogP contribution is -2.26. The van der Waals surface area contributed by atoms with E-state index in [1.165, 1.54) is 77.0 Å². The van der Waals surface area contributed by atoms with Gasteiger partial charge in [-0.05, 0) is 46.7 Å². The zero-order valence-corrected chi connectivity index (χ0v) is 16.5. The first-order valence-electron chi connectivity index (χ1n) is 10.1. The number of hydrogen-bond acceptors (Lipinski definition) is 2. The molecule has 0 heterocycles. The van der Waals surface area contributed by atoms with Gasteiger partial charge in [0.25, 0.3) is 0 Å². The van der Waals surface area contributed by atoms with Gasteiger partial charge >= 0.3 is 0 Å². The SMILES string of the molecule is CCCCC=CCCCCCCCCCCOC(C)CN(C)C. The summed E-state index contributed by atoms with van der Waals surface area (Å²) in [6.07, 6.45) is 21.3. The summed E-state index contributed by atoms with van der Waals surface area (Å²) in [5, 5.41) is 0. The molecule has 2 nitrogen and oxygen atoms in total. The Morgan fingerprint density at radius 3 is 1.87 bits per heavy atom. The standard InChI is InChI=1S/C21H43NO/c1-5-6-7-8-9-10-11-12-13-14-15-16-17-18-19-23-21(2)20-22(3)4/h8-9,21H,5-7,10-20H2,1-4H3. The predicted octanol–water partition coefficient (Wildman–Crippen LogP) is 6.21. The molecule has 0 saturated heterocycles. The predicted molar refractivity (Wildman–Crippen MR) is 104 cm³/mol. The molecular weight excluding hydrogens is 282 g/mol. The smallest absolute Gasteiger partial charge is 0.0673 e.